The molecule has 0 N–H and O–H groups in total. The molecule has 2 rings (SSSR count). The lowest BCUT2D eigenvalue weighted by Crippen LogP contribution is -2.11. The van der Waals surface area contributed by atoms with Crippen LogP contribution in [0.4, 0.5) is 0 Å². The van der Waals surface area contributed by atoms with Gasteiger partial charge in [-0.25, -0.2) is 0 Å². The molecule has 0 radical (unpaired) electrons. The van der Waals surface area contributed by atoms with Crippen molar-refractivity contribution >= 4 is 0 Å². The first-order chi connectivity index (χ1) is 8.31. The highest BCUT2D eigenvalue weighted by molar-refractivity contribution is 5.42. The van der Waals surface area contributed by atoms with Gasteiger partial charge in [-0.1, -0.05) is 12.1 Å². The van der Waals surface area contributed by atoms with Crippen LogP contribution in [0.1, 0.15) is 11.3 Å². The van der Waals surface area contributed by atoms with Gasteiger partial charge in [0.15, 0.2) is 0 Å². The molecule has 2 aromatic rings. The number of aromatic nitrogens is 2. The van der Waals surface area contributed by atoms with E-state index in [4.69, 9.17) is 10.00 Å². The molecule has 0 bridgehead atoms. The van der Waals surface area contributed by atoms with E-state index in [-0.39, 0.29) is 0 Å². The molecular weight excluding hydrogens is 214 g/mol. The zero-order valence-electron chi connectivity index (χ0n) is 9.63. The molecule has 0 saturated heterocycles. The summed E-state index contributed by atoms with van der Waals surface area (Å²) >= 11 is 0. The quantitative estimate of drug-likeness (QED) is 0.804. The average Bonchev–Trinajstić information content (AvgIpc) is 2.76. The zero-order valence-corrected chi connectivity index (χ0v) is 9.63. The fourth-order valence-electron chi connectivity index (χ4n) is 1.56. The number of benzene rings is 1. The van der Waals surface area contributed by atoms with Gasteiger partial charge >= 0.3 is 0 Å². The van der Waals surface area contributed by atoms with Crippen molar-refractivity contribution < 1.29 is 4.74 Å². The molecule has 1 heterocycles. The molecule has 1 aromatic carbocycles. The summed E-state index contributed by atoms with van der Waals surface area (Å²) in [5.74, 6) is 0.625. The second-order valence-electron chi connectivity index (χ2n) is 3.65. The highest BCUT2D eigenvalue weighted by Crippen LogP contribution is 2.16. The standard InChI is InChI=1S/C13H13N3O/c1-11-6-7-15-16(11)8-9-17-13-5-3-2-4-12(13)10-14/h2-7H,8-9H2,1H3. The molecule has 0 aliphatic rings. The Morgan fingerprint density at radius 1 is 1.35 bits per heavy atom. The summed E-state index contributed by atoms with van der Waals surface area (Å²) in [4.78, 5) is 0. The van der Waals surface area contributed by atoms with E-state index in [1.165, 1.54) is 0 Å². The molecule has 0 amide bonds. The van der Waals surface area contributed by atoms with Crippen LogP contribution < -0.4 is 4.74 Å². The van der Waals surface area contributed by atoms with Gasteiger partial charge in [0.1, 0.15) is 18.4 Å². The third-order valence-electron chi connectivity index (χ3n) is 2.50. The Kier molecular flexibility index (Phi) is 3.41. The van der Waals surface area contributed by atoms with Gasteiger partial charge in [-0.15, -0.1) is 0 Å². The minimum Gasteiger partial charge on any atom is -0.490 e. The fraction of sp³-hybridized carbons (Fsp3) is 0.231. The van der Waals surface area contributed by atoms with Crippen LogP contribution in [0.25, 0.3) is 0 Å². The molecule has 1 aromatic heterocycles. The predicted octanol–water partition coefficient (Wildman–Crippen LogP) is 2.14. The Morgan fingerprint density at radius 2 is 2.18 bits per heavy atom. The fourth-order valence-corrected chi connectivity index (χ4v) is 1.56. The monoisotopic (exact) mass is 227 g/mol. The molecule has 0 aliphatic carbocycles. The predicted molar refractivity (Wildman–Crippen MR) is 63.6 cm³/mol. The maximum Gasteiger partial charge on any atom is 0.137 e. The van der Waals surface area contributed by atoms with E-state index in [0.717, 1.165) is 5.69 Å². The SMILES string of the molecule is Cc1ccnn1CCOc1ccccc1C#N. The van der Waals surface area contributed by atoms with Crippen molar-refractivity contribution in [1.82, 2.24) is 9.78 Å². The molecule has 0 unspecified atom stereocenters. The Balaban J connectivity index is 1.95. The van der Waals surface area contributed by atoms with Crippen molar-refractivity contribution in [3.8, 4) is 11.8 Å². The second-order valence-corrected chi connectivity index (χ2v) is 3.65. The molecule has 0 fully saturated rings. The van der Waals surface area contributed by atoms with Gasteiger partial charge in [0.25, 0.3) is 0 Å². The molecule has 0 spiro atoms. The van der Waals surface area contributed by atoms with E-state index in [1.807, 2.05) is 29.8 Å². The molecular formula is C13H13N3O. The van der Waals surface area contributed by atoms with Crippen molar-refractivity contribution in [2.24, 2.45) is 0 Å². The van der Waals surface area contributed by atoms with Crippen LogP contribution in [0.3, 0.4) is 0 Å². The van der Waals surface area contributed by atoms with Crippen LogP contribution in [0.5, 0.6) is 5.75 Å². The lowest BCUT2D eigenvalue weighted by Gasteiger charge is -2.08. The number of rotatable bonds is 4. The van der Waals surface area contributed by atoms with Crippen LogP contribution in [-0.2, 0) is 6.54 Å². The Hall–Kier alpha value is -2.28. The first kappa shape index (κ1) is 11.2. The molecule has 86 valence electrons. The van der Waals surface area contributed by atoms with Crippen LogP contribution >= 0.6 is 0 Å². The number of para-hydroxylation sites is 1. The van der Waals surface area contributed by atoms with Gasteiger partial charge in [0, 0.05) is 11.9 Å². The minimum atomic E-state index is 0.501. The van der Waals surface area contributed by atoms with Gasteiger partial charge in [0.2, 0.25) is 0 Å². The number of hydrogen-bond acceptors (Lipinski definition) is 3. The van der Waals surface area contributed by atoms with E-state index < -0.39 is 0 Å². The Labute approximate surface area is 100 Å². The Bertz CT molecular complexity index is 540. The van der Waals surface area contributed by atoms with Crippen molar-refractivity contribution in [1.29, 1.82) is 5.26 Å². The number of ether oxygens (including phenoxy) is 1. The normalized spacial score (nSPS) is 9.88. The van der Waals surface area contributed by atoms with Crippen molar-refractivity contribution in [3.63, 3.8) is 0 Å². The number of nitrogens with zero attached hydrogens (tertiary/aromatic N) is 3. The van der Waals surface area contributed by atoms with E-state index in [9.17, 15) is 0 Å². The zero-order chi connectivity index (χ0) is 12.1. The molecule has 0 atom stereocenters. The number of nitriles is 1. The summed E-state index contributed by atoms with van der Waals surface area (Å²) in [7, 11) is 0. The lowest BCUT2D eigenvalue weighted by atomic mass is 10.2. The van der Waals surface area contributed by atoms with Crippen LogP contribution in [-0.4, -0.2) is 16.4 Å². The highest BCUT2D eigenvalue weighted by Gasteiger charge is 2.02. The first-order valence-electron chi connectivity index (χ1n) is 5.41. The van der Waals surface area contributed by atoms with Crippen molar-refractivity contribution in [3.05, 3.63) is 47.8 Å². The molecule has 4 nitrogen and oxygen atoms in total. The van der Waals surface area contributed by atoms with E-state index in [0.29, 0.717) is 24.5 Å². The molecule has 0 aliphatic heterocycles. The van der Waals surface area contributed by atoms with E-state index in [1.54, 1.807) is 18.3 Å². The summed E-state index contributed by atoms with van der Waals surface area (Å²) < 4.78 is 7.44. The second kappa shape index (κ2) is 5.17. The third-order valence-corrected chi connectivity index (χ3v) is 2.50. The summed E-state index contributed by atoms with van der Waals surface area (Å²) in [6, 6.07) is 11.3. The third kappa shape index (κ3) is 2.64. The summed E-state index contributed by atoms with van der Waals surface area (Å²) in [5.41, 5.74) is 1.66. The van der Waals surface area contributed by atoms with E-state index >= 15 is 0 Å². The smallest absolute Gasteiger partial charge is 0.137 e. The first-order valence-corrected chi connectivity index (χ1v) is 5.41. The molecule has 17 heavy (non-hydrogen) atoms. The summed E-state index contributed by atoms with van der Waals surface area (Å²) in [6.07, 6.45) is 1.76. The van der Waals surface area contributed by atoms with Crippen LogP contribution in [0.2, 0.25) is 0 Å². The minimum absolute atomic E-state index is 0.501. The van der Waals surface area contributed by atoms with Gasteiger partial charge in [0.05, 0.1) is 12.1 Å². The summed E-state index contributed by atoms with van der Waals surface area (Å²) in [5, 5.41) is 13.1. The van der Waals surface area contributed by atoms with Crippen LogP contribution in [0, 0.1) is 18.3 Å². The van der Waals surface area contributed by atoms with E-state index in [2.05, 4.69) is 11.2 Å². The molecule has 4 heteroatoms. The van der Waals surface area contributed by atoms with Gasteiger partial charge in [-0.05, 0) is 25.1 Å². The largest absolute Gasteiger partial charge is 0.490 e. The molecule has 0 saturated carbocycles. The number of hydrogen-bond donors (Lipinski definition) is 0. The highest BCUT2D eigenvalue weighted by atomic mass is 16.5. The summed E-state index contributed by atoms with van der Waals surface area (Å²) in [6.45, 7) is 3.18. The van der Waals surface area contributed by atoms with Crippen molar-refractivity contribution in [2.45, 2.75) is 13.5 Å². The maximum atomic E-state index is 8.90. The van der Waals surface area contributed by atoms with Gasteiger partial charge in [-0.3, -0.25) is 4.68 Å². The average molecular weight is 227 g/mol. The van der Waals surface area contributed by atoms with Gasteiger partial charge < -0.3 is 4.74 Å². The van der Waals surface area contributed by atoms with Gasteiger partial charge in [-0.2, -0.15) is 10.4 Å². The van der Waals surface area contributed by atoms with Crippen molar-refractivity contribution in [2.75, 3.05) is 6.61 Å². The maximum absolute atomic E-state index is 8.90. The Morgan fingerprint density at radius 3 is 2.88 bits per heavy atom. The number of aryl methyl sites for hydroxylation is 1. The topological polar surface area (TPSA) is 50.8 Å². The van der Waals surface area contributed by atoms with Crippen LogP contribution in [0.15, 0.2) is 36.5 Å². The lowest BCUT2D eigenvalue weighted by molar-refractivity contribution is 0.289.